The van der Waals surface area contributed by atoms with Crippen LogP contribution in [0.5, 0.6) is 0 Å². The van der Waals surface area contributed by atoms with Crippen molar-refractivity contribution in [2.24, 2.45) is 5.41 Å². The van der Waals surface area contributed by atoms with E-state index in [0.717, 1.165) is 0 Å². The number of nitrogens with zero attached hydrogens (tertiary/aromatic N) is 2. The number of alkyl halides is 3. The van der Waals surface area contributed by atoms with Gasteiger partial charge in [0.1, 0.15) is 11.5 Å². The van der Waals surface area contributed by atoms with Crippen molar-refractivity contribution in [1.29, 1.82) is 0 Å². The van der Waals surface area contributed by atoms with Gasteiger partial charge >= 0.3 is 6.18 Å². The van der Waals surface area contributed by atoms with Gasteiger partial charge in [-0.25, -0.2) is 9.97 Å². The highest BCUT2D eigenvalue weighted by atomic mass is 35.5. The van der Waals surface area contributed by atoms with E-state index in [2.05, 4.69) is 9.97 Å². The third-order valence-corrected chi connectivity index (χ3v) is 4.02. The predicted molar refractivity (Wildman–Crippen MR) is 51.1 cm³/mol. The van der Waals surface area contributed by atoms with Gasteiger partial charge in [0.15, 0.2) is 0 Å². The average Bonchev–Trinajstić information content (AvgIpc) is 1.95. The van der Waals surface area contributed by atoms with Gasteiger partial charge in [0.05, 0.1) is 11.1 Å². The van der Waals surface area contributed by atoms with Crippen LogP contribution in [-0.4, -0.2) is 16.1 Å². The van der Waals surface area contributed by atoms with Gasteiger partial charge in [-0.2, -0.15) is 13.2 Å². The Balaban J connectivity index is 1.84. The maximum absolute atomic E-state index is 12.6. The molecular formula is C10H8ClF3N2. The first kappa shape index (κ1) is 10.3. The van der Waals surface area contributed by atoms with Crippen molar-refractivity contribution in [3.05, 3.63) is 23.2 Å². The van der Waals surface area contributed by atoms with E-state index in [1.165, 1.54) is 6.33 Å². The zero-order chi connectivity index (χ0) is 11.6. The summed E-state index contributed by atoms with van der Waals surface area (Å²) in [6, 6.07) is 1.57. The van der Waals surface area contributed by atoms with Crippen molar-refractivity contribution in [1.82, 2.24) is 9.97 Å². The summed E-state index contributed by atoms with van der Waals surface area (Å²) in [5.74, 6) is 0. The summed E-state index contributed by atoms with van der Waals surface area (Å²) in [6.07, 6.45) is -2.32. The summed E-state index contributed by atoms with van der Waals surface area (Å²) >= 11 is 5.70. The quantitative estimate of drug-likeness (QED) is 0.714. The number of rotatable bonds is 1. The van der Waals surface area contributed by atoms with Crippen LogP contribution >= 0.6 is 11.6 Å². The van der Waals surface area contributed by atoms with Crippen molar-refractivity contribution in [2.75, 3.05) is 0 Å². The van der Waals surface area contributed by atoms with Gasteiger partial charge in [-0.3, -0.25) is 0 Å². The molecule has 2 bridgehead atoms. The van der Waals surface area contributed by atoms with E-state index in [4.69, 9.17) is 11.6 Å². The molecule has 0 unspecified atom stereocenters. The molecule has 0 saturated heterocycles. The van der Waals surface area contributed by atoms with Gasteiger partial charge < -0.3 is 0 Å². The number of hydrogen-bond donors (Lipinski definition) is 0. The van der Waals surface area contributed by atoms with E-state index in [-0.39, 0.29) is 29.8 Å². The van der Waals surface area contributed by atoms with Crippen molar-refractivity contribution in [3.8, 4) is 0 Å². The third-order valence-electron chi connectivity index (χ3n) is 3.81. The molecule has 1 aromatic heterocycles. The Bertz CT molecular complexity index is 438. The monoisotopic (exact) mass is 248 g/mol. The summed E-state index contributed by atoms with van der Waals surface area (Å²) in [4.78, 5) is 7.75. The van der Waals surface area contributed by atoms with E-state index in [1.54, 1.807) is 6.07 Å². The third kappa shape index (κ3) is 1.09. The summed E-state index contributed by atoms with van der Waals surface area (Å²) in [5, 5.41) is 0.288. The van der Waals surface area contributed by atoms with Crippen LogP contribution in [0.2, 0.25) is 5.15 Å². The van der Waals surface area contributed by atoms with Crippen molar-refractivity contribution in [3.63, 3.8) is 0 Å². The number of aromatic nitrogens is 2. The molecule has 0 aromatic carbocycles. The van der Waals surface area contributed by atoms with Crippen LogP contribution < -0.4 is 0 Å². The molecule has 3 aliphatic rings. The van der Waals surface area contributed by atoms with E-state index >= 15 is 0 Å². The summed E-state index contributed by atoms with van der Waals surface area (Å²) in [6.45, 7) is 0. The summed E-state index contributed by atoms with van der Waals surface area (Å²) in [5.41, 5.74) is -1.18. The lowest BCUT2D eigenvalue weighted by Gasteiger charge is -2.70. The average molecular weight is 249 g/mol. The predicted octanol–water partition coefficient (Wildman–Crippen LogP) is 3.11. The molecule has 4 rings (SSSR count). The second-order valence-electron chi connectivity index (χ2n) is 4.81. The van der Waals surface area contributed by atoms with E-state index in [9.17, 15) is 13.2 Å². The highest BCUT2D eigenvalue weighted by Gasteiger charge is 2.79. The van der Waals surface area contributed by atoms with E-state index in [1.807, 2.05) is 0 Å². The molecule has 16 heavy (non-hydrogen) atoms. The molecule has 3 fully saturated rings. The van der Waals surface area contributed by atoms with Gasteiger partial charge in [-0.1, -0.05) is 11.6 Å². The van der Waals surface area contributed by atoms with Crippen LogP contribution in [0.1, 0.15) is 25.0 Å². The van der Waals surface area contributed by atoms with Gasteiger partial charge in [0.2, 0.25) is 0 Å². The Hall–Kier alpha value is -0.840. The molecule has 0 N–H and O–H groups in total. The molecule has 3 aliphatic carbocycles. The Morgan fingerprint density at radius 2 is 1.81 bits per heavy atom. The van der Waals surface area contributed by atoms with Crippen LogP contribution in [0.3, 0.4) is 0 Å². The fourth-order valence-electron chi connectivity index (χ4n) is 2.98. The Kier molecular flexibility index (Phi) is 1.74. The molecule has 2 nitrogen and oxygen atoms in total. The van der Waals surface area contributed by atoms with Gasteiger partial charge in [-0.15, -0.1) is 0 Å². The zero-order valence-corrected chi connectivity index (χ0v) is 8.94. The minimum atomic E-state index is -4.08. The smallest absolute Gasteiger partial charge is 0.241 e. The van der Waals surface area contributed by atoms with Crippen LogP contribution in [-0.2, 0) is 5.41 Å². The Morgan fingerprint density at radius 3 is 2.31 bits per heavy atom. The molecular weight excluding hydrogens is 241 g/mol. The molecule has 3 saturated carbocycles. The maximum Gasteiger partial charge on any atom is 0.394 e. The molecule has 1 heterocycles. The first-order valence-corrected chi connectivity index (χ1v) is 5.30. The number of halogens is 4. The summed E-state index contributed by atoms with van der Waals surface area (Å²) in [7, 11) is 0. The van der Waals surface area contributed by atoms with Gasteiger partial charge in [0, 0.05) is 5.41 Å². The SMILES string of the molecule is FC(F)(F)C12CC(c3cc(Cl)ncn3)(C1)C2. The number of hydrogen-bond acceptors (Lipinski definition) is 2. The molecule has 0 atom stereocenters. The van der Waals surface area contributed by atoms with Crippen molar-refractivity contribution in [2.45, 2.75) is 30.9 Å². The minimum absolute atomic E-state index is 0.150. The van der Waals surface area contributed by atoms with Crippen LogP contribution in [0.25, 0.3) is 0 Å². The van der Waals surface area contributed by atoms with E-state index in [0.29, 0.717) is 5.69 Å². The van der Waals surface area contributed by atoms with Crippen LogP contribution in [0, 0.1) is 5.41 Å². The molecule has 0 spiro atoms. The first-order chi connectivity index (χ1) is 7.37. The first-order valence-electron chi connectivity index (χ1n) is 4.92. The second kappa shape index (κ2) is 2.70. The topological polar surface area (TPSA) is 25.8 Å². The lowest BCUT2D eigenvalue weighted by atomic mass is 9.34. The fourth-order valence-corrected chi connectivity index (χ4v) is 3.13. The molecule has 0 radical (unpaired) electrons. The Labute approximate surface area is 94.8 Å². The second-order valence-corrected chi connectivity index (χ2v) is 5.20. The minimum Gasteiger partial charge on any atom is -0.241 e. The zero-order valence-electron chi connectivity index (χ0n) is 8.18. The van der Waals surface area contributed by atoms with Crippen LogP contribution in [0.4, 0.5) is 13.2 Å². The largest absolute Gasteiger partial charge is 0.394 e. The lowest BCUT2D eigenvalue weighted by Crippen LogP contribution is -2.70. The Morgan fingerprint density at radius 1 is 1.19 bits per heavy atom. The highest BCUT2D eigenvalue weighted by Crippen LogP contribution is 2.78. The maximum atomic E-state index is 12.6. The molecule has 86 valence electrons. The van der Waals surface area contributed by atoms with E-state index < -0.39 is 11.6 Å². The summed E-state index contributed by atoms with van der Waals surface area (Å²) < 4.78 is 37.9. The van der Waals surface area contributed by atoms with Crippen molar-refractivity contribution < 1.29 is 13.2 Å². The van der Waals surface area contributed by atoms with Crippen LogP contribution in [0.15, 0.2) is 12.4 Å². The molecule has 6 heteroatoms. The molecule has 1 aromatic rings. The van der Waals surface area contributed by atoms with Crippen molar-refractivity contribution >= 4 is 11.6 Å². The van der Waals surface area contributed by atoms with Gasteiger partial charge in [-0.05, 0) is 25.3 Å². The molecule has 0 amide bonds. The normalized spacial score (nSPS) is 36.5. The standard InChI is InChI=1S/C10H8ClF3N2/c11-7-1-6(15-5-16-7)8-2-9(3-8,4-8)10(12,13)14/h1,5H,2-4H2. The molecule has 0 aliphatic heterocycles. The highest BCUT2D eigenvalue weighted by molar-refractivity contribution is 6.29. The lowest BCUT2D eigenvalue weighted by molar-refractivity contribution is -0.337. The fraction of sp³-hybridized carbons (Fsp3) is 0.600. The van der Waals surface area contributed by atoms with Gasteiger partial charge in [0.25, 0.3) is 0 Å².